The van der Waals surface area contributed by atoms with Gasteiger partial charge in [0.15, 0.2) is 0 Å². The fraction of sp³-hybridized carbons (Fsp3) is 0.441. The molecule has 47 heavy (non-hydrogen) atoms. The van der Waals surface area contributed by atoms with E-state index < -0.39 is 79.6 Å². The smallest absolute Gasteiger partial charge is 0.454 e. The Morgan fingerprint density at radius 3 is 1.79 bits per heavy atom. The van der Waals surface area contributed by atoms with Crippen LogP contribution in [0.4, 0.5) is 13.2 Å². The average molecular weight is 681 g/mol. The highest BCUT2D eigenvalue weighted by atomic mass is 32.2. The van der Waals surface area contributed by atoms with Gasteiger partial charge in [0, 0.05) is 23.6 Å². The Hall–Kier alpha value is -4.13. The van der Waals surface area contributed by atoms with Gasteiger partial charge in [-0.2, -0.15) is 21.6 Å². The fourth-order valence-corrected chi connectivity index (χ4v) is 5.02. The maximum absolute atomic E-state index is 13.3. The number of allylic oxidation sites excluding steroid dienone is 2. The van der Waals surface area contributed by atoms with Gasteiger partial charge in [-0.15, -0.1) is 0 Å². The van der Waals surface area contributed by atoms with E-state index in [1.807, 2.05) is 0 Å². The normalized spacial score (nSPS) is 18.9. The van der Waals surface area contributed by atoms with Crippen LogP contribution in [0.25, 0.3) is 0 Å². The summed E-state index contributed by atoms with van der Waals surface area (Å²) in [5, 5.41) is 0. The predicted molar refractivity (Wildman–Crippen MR) is 167 cm³/mol. The van der Waals surface area contributed by atoms with Crippen molar-refractivity contribution in [3.8, 4) is 17.2 Å². The number of ether oxygens (including phenoxy) is 3. The minimum absolute atomic E-state index is 0.0529. The predicted octanol–water partition coefficient (Wildman–Crippen LogP) is 7.67. The minimum atomic E-state index is -6.17. The summed E-state index contributed by atoms with van der Waals surface area (Å²) in [4.78, 5) is 39.2. The minimum Gasteiger partial charge on any atom is -0.454 e. The largest absolute Gasteiger partial charge is 0.534 e. The van der Waals surface area contributed by atoms with Crippen molar-refractivity contribution in [3.63, 3.8) is 0 Å². The van der Waals surface area contributed by atoms with Crippen molar-refractivity contribution in [2.75, 3.05) is 0 Å². The zero-order valence-corrected chi connectivity index (χ0v) is 28.3. The molecule has 0 amide bonds. The van der Waals surface area contributed by atoms with E-state index in [1.165, 1.54) is 41.5 Å². The van der Waals surface area contributed by atoms with Crippen molar-refractivity contribution < 1.29 is 54.4 Å². The fourth-order valence-electron chi connectivity index (χ4n) is 4.58. The molecule has 256 valence electrons. The number of esters is 3. The Kier molecular flexibility index (Phi) is 10.8. The number of rotatable bonds is 8. The Bertz CT molecular complexity index is 1630. The SMILES string of the molecule is C=C(C)[C@@H]1C[C@H](OC(=O)c2ccccc2)C(C)=C[C@H]1c1c(OC(=O)C(C)(C)C)cc(OS(=O)(=O)C(F)(F)F)cc1OC(=O)C(C)(C)C. The maximum Gasteiger partial charge on any atom is 0.534 e. The summed E-state index contributed by atoms with van der Waals surface area (Å²) in [6, 6.07) is 10.0. The van der Waals surface area contributed by atoms with Crippen LogP contribution in [0.2, 0.25) is 0 Å². The van der Waals surface area contributed by atoms with E-state index >= 15 is 0 Å². The molecule has 0 unspecified atom stereocenters. The maximum atomic E-state index is 13.3. The van der Waals surface area contributed by atoms with Gasteiger partial charge in [-0.1, -0.05) is 36.4 Å². The Balaban J connectivity index is 2.28. The van der Waals surface area contributed by atoms with Crippen LogP contribution < -0.4 is 13.7 Å². The van der Waals surface area contributed by atoms with Crippen LogP contribution in [-0.4, -0.2) is 37.9 Å². The third-order valence-corrected chi connectivity index (χ3v) is 8.25. The zero-order valence-electron chi connectivity index (χ0n) is 27.5. The first-order valence-electron chi connectivity index (χ1n) is 14.7. The first-order valence-corrected chi connectivity index (χ1v) is 16.1. The van der Waals surface area contributed by atoms with E-state index in [0.717, 1.165) is 12.1 Å². The summed E-state index contributed by atoms with van der Waals surface area (Å²) < 4.78 is 85.5. The number of alkyl halides is 3. The van der Waals surface area contributed by atoms with Crippen molar-refractivity contribution in [2.45, 2.75) is 79.3 Å². The first-order chi connectivity index (χ1) is 21.4. The molecule has 0 radical (unpaired) electrons. The molecule has 0 heterocycles. The molecule has 3 rings (SSSR count). The van der Waals surface area contributed by atoms with E-state index in [4.69, 9.17) is 14.2 Å². The molecular weight excluding hydrogens is 641 g/mol. The summed E-state index contributed by atoms with van der Waals surface area (Å²) in [6.45, 7) is 16.7. The molecule has 0 fully saturated rings. The number of hydrogen-bond donors (Lipinski definition) is 0. The summed E-state index contributed by atoms with van der Waals surface area (Å²) in [6.07, 6.45) is 1.19. The van der Waals surface area contributed by atoms with Gasteiger partial charge >= 0.3 is 33.5 Å². The van der Waals surface area contributed by atoms with E-state index in [-0.39, 0.29) is 12.0 Å². The van der Waals surface area contributed by atoms with Gasteiger partial charge in [0.1, 0.15) is 23.4 Å². The van der Waals surface area contributed by atoms with Crippen molar-refractivity contribution in [3.05, 3.63) is 77.4 Å². The van der Waals surface area contributed by atoms with E-state index in [9.17, 15) is 36.0 Å². The lowest BCUT2D eigenvalue weighted by Crippen LogP contribution is -2.32. The van der Waals surface area contributed by atoms with Crippen LogP contribution in [0.5, 0.6) is 17.2 Å². The van der Waals surface area contributed by atoms with Gasteiger partial charge in [-0.05, 0) is 85.4 Å². The molecule has 13 heteroatoms. The Morgan fingerprint density at radius 1 is 0.872 bits per heavy atom. The molecule has 0 N–H and O–H groups in total. The molecule has 0 spiro atoms. The zero-order chi connectivity index (χ0) is 35.7. The molecule has 0 aromatic heterocycles. The standard InChI is InChI=1S/C34H39F3O9S/c1-19(2)23-18-25(43-29(38)21-13-11-10-12-14-21)20(3)15-24(23)28-26(44-30(39)32(4,5)6)16-22(46-47(41,42)34(35,36)37)17-27(28)45-31(40)33(7,8)9/h10-17,23-25H,1,18H2,2-9H3/t23-,24+,25-/m0/s1. The lowest BCUT2D eigenvalue weighted by atomic mass is 9.72. The number of halogens is 3. The molecule has 0 saturated carbocycles. The van der Waals surface area contributed by atoms with Gasteiger partial charge in [-0.25, -0.2) is 4.79 Å². The van der Waals surface area contributed by atoms with E-state index in [0.29, 0.717) is 16.7 Å². The second kappa shape index (κ2) is 13.5. The third-order valence-electron chi connectivity index (χ3n) is 7.27. The van der Waals surface area contributed by atoms with Crippen LogP contribution in [0.15, 0.2) is 66.3 Å². The highest BCUT2D eigenvalue weighted by Crippen LogP contribution is 2.50. The van der Waals surface area contributed by atoms with Gasteiger partial charge < -0.3 is 18.4 Å². The number of hydrogen-bond acceptors (Lipinski definition) is 9. The van der Waals surface area contributed by atoms with Crippen molar-refractivity contribution in [2.24, 2.45) is 16.7 Å². The molecule has 1 aliphatic rings. The second-order valence-electron chi connectivity index (χ2n) is 13.5. The summed E-state index contributed by atoms with van der Waals surface area (Å²) in [7, 11) is -6.17. The molecule has 0 bridgehead atoms. The quantitative estimate of drug-likeness (QED) is 0.0909. The number of carbonyl (C=O) groups is 3. The number of benzene rings is 2. The van der Waals surface area contributed by atoms with Gasteiger partial charge in [0.25, 0.3) is 0 Å². The van der Waals surface area contributed by atoms with E-state index in [2.05, 4.69) is 10.8 Å². The Morgan fingerprint density at radius 2 is 1.36 bits per heavy atom. The molecule has 9 nitrogen and oxygen atoms in total. The average Bonchev–Trinajstić information content (AvgIpc) is 2.92. The molecule has 2 aromatic rings. The van der Waals surface area contributed by atoms with Gasteiger partial charge in [-0.3, -0.25) is 9.59 Å². The highest BCUT2D eigenvalue weighted by molar-refractivity contribution is 7.88. The molecule has 0 saturated heterocycles. The summed E-state index contributed by atoms with van der Waals surface area (Å²) in [5.74, 6) is -5.23. The third kappa shape index (κ3) is 9.03. The topological polar surface area (TPSA) is 122 Å². The first kappa shape index (κ1) is 37.3. The van der Waals surface area contributed by atoms with Gasteiger partial charge in [0.2, 0.25) is 0 Å². The molecule has 3 atom stereocenters. The molecule has 2 aromatic carbocycles. The second-order valence-corrected chi connectivity index (χ2v) is 15.0. The Labute approximate surface area is 272 Å². The molecular formula is C34H39F3O9S. The van der Waals surface area contributed by atoms with Crippen LogP contribution in [-0.2, 0) is 24.4 Å². The van der Waals surface area contributed by atoms with Crippen molar-refractivity contribution in [1.82, 2.24) is 0 Å². The van der Waals surface area contributed by atoms with Crippen LogP contribution in [0.3, 0.4) is 0 Å². The van der Waals surface area contributed by atoms with Crippen LogP contribution in [0.1, 0.15) is 83.7 Å². The van der Waals surface area contributed by atoms with Gasteiger partial charge in [0.05, 0.1) is 16.4 Å². The van der Waals surface area contributed by atoms with Crippen molar-refractivity contribution in [1.29, 1.82) is 0 Å². The molecule has 0 aliphatic heterocycles. The highest BCUT2D eigenvalue weighted by Gasteiger charge is 2.49. The lowest BCUT2D eigenvalue weighted by Gasteiger charge is -2.36. The monoisotopic (exact) mass is 680 g/mol. The van der Waals surface area contributed by atoms with Crippen molar-refractivity contribution >= 4 is 28.0 Å². The summed E-state index contributed by atoms with van der Waals surface area (Å²) in [5.41, 5.74) is -6.44. The number of carbonyl (C=O) groups excluding carboxylic acids is 3. The van der Waals surface area contributed by atoms with Crippen LogP contribution in [0, 0.1) is 16.7 Å². The van der Waals surface area contributed by atoms with E-state index in [1.54, 1.807) is 50.3 Å². The summed E-state index contributed by atoms with van der Waals surface area (Å²) >= 11 is 0. The van der Waals surface area contributed by atoms with Crippen LogP contribution >= 0.6 is 0 Å². The molecule has 1 aliphatic carbocycles. The lowest BCUT2D eigenvalue weighted by molar-refractivity contribution is -0.143.